The summed E-state index contributed by atoms with van der Waals surface area (Å²) in [5.74, 6) is 0.339. The fourth-order valence-electron chi connectivity index (χ4n) is 2.25. The van der Waals surface area contributed by atoms with E-state index >= 15 is 0 Å². The maximum absolute atomic E-state index is 12.9. The van der Waals surface area contributed by atoms with Crippen LogP contribution in [0.15, 0.2) is 22.7 Å². The van der Waals surface area contributed by atoms with Crippen molar-refractivity contribution in [2.45, 2.75) is 31.7 Å². The van der Waals surface area contributed by atoms with Gasteiger partial charge in [0, 0.05) is 10.0 Å². The molecule has 1 aromatic carbocycles. The molecule has 0 heterocycles. The number of rotatable bonds is 3. The van der Waals surface area contributed by atoms with Gasteiger partial charge in [-0.3, -0.25) is 0 Å². The van der Waals surface area contributed by atoms with Gasteiger partial charge in [0.05, 0.1) is 0 Å². The second-order valence-electron chi connectivity index (χ2n) is 4.35. The van der Waals surface area contributed by atoms with Gasteiger partial charge in [-0.25, -0.2) is 4.39 Å². The van der Waals surface area contributed by atoms with Crippen molar-refractivity contribution in [1.29, 1.82) is 0 Å². The first-order chi connectivity index (χ1) is 7.08. The first-order valence-corrected chi connectivity index (χ1v) is 6.11. The Morgan fingerprint density at radius 3 is 2.93 bits per heavy atom. The minimum atomic E-state index is -0.220. The van der Waals surface area contributed by atoms with Gasteiger partial charge in [0.2, 0.25) is 0 Å². The Bertz CT molecular complexity index is 380. The van der Waals surface area contributed by atoms with Crippen molar-refractivity contribution in [3.63, 3.8) is 0 Å². The molecule has 1 aliphatic rings. The first-order valence-electron chi connectivity index (χ1n) is 5.32. The molecule has 0 radical (unpaired) electrons. The molecule has 0 saturated heterocycles. The second kappa shape index (κ2) is 3.87. The predicted molar refractivity (Wildman–Crippen MR) is 63.0 cm³/mol. The molecule has 2 atom stereocenters. The minimum Gasteiger partial charge on any atom is -0.321 e. The fraction of sp³-hybridized carbons (Fsp3) is 0.500. The first kappa shape index (κ1) is 11.1. The molecule has 0 aliphatic heterocycles. The third kappa shape index (κ3) is 1.95. The molecule has 2 N–H and O–H groups in total. The Labute approximate surface area is 98.0 Å². The Morgan fingerprint density at radius 1 is 1.60 bits per heavy atom. The maximum atomic E-state index is 12.9. The van der Waals surface area contributed by atoms with Gasteiger partial charge < -0.3 is 5.73 Å². The van der Waals surface area contributed by atoms with Crippen LogP contribution in [-0.2, 0) is 5.54 Å². The Morgan fingerprint density at radius 2 is 2.33 bits per heavy atom. The van der Waals surface area contributed by atoms with Crippen LogP contribution in [0.5, 0.6) is 0 Å². The van der Waals surface area contributed by atoms with Crippen molar-refractivity contribution in [1.82, 2.24) is 0 Å². The number of benzene rings is 1. The van der Waals surface area contributed by atoms with E-state index in [0.29, 0.717) is 5.92 Å². The summed E-state index contributed by atoms with van der Waals surface area (Å²) in [5.41, 5.74) is 7.12. The van der Waals surface area contributed by atoms with E-state index in [9.17, 15) is 4.39 Å². The molecule has 2 unspecified atom stereocenters. The van der Waals surface area contributed by atoms with Gasteiger partial charge in [-0.2, -0.15) is 0 Å². The molecule has 0 amide bonds. The Balaban J connectivity index is 2.24. The number of hydrogen-bond acceptors (Lipinski definition) is 1. The average Bonchev–Trinajstić information content (AvgIpc) is 2.78. The zero-order valence-electron chi connectivity index (χ0n) is 8.76. The van der Waals surface area contributed by atoms with E-state index in [1.54, 1.807) is 6.07 Å². The molecule has 82 valence electrons. The molecule has 15 heavy (non-hydrogen) atoms. The van der Waals surface area contributed by atoms with Crippen LogP contribution in [0.3, 0.4) is 0 Å². The van der Waals surface area contributed by atoms with Gasteiger partial charge >= 0.3 is 0 Å². The van der Waals surface area contributed by atoms with E-state index < -0.39 is 0 Å². The summed E-state index contributed by atoms with van der Waals surface area (Å²) in [6.07, 6.45) is 3.33. The van der Waals surface area contributed by atoms with E-state index in [4.69, 9.17) is 5.73 Å². The third-order valence-electron chi connectivity index (χ3n) is 3.22. The van der Waals surface area contributed by atoms with Crippen LogP contribution in [0.2, 0.25) is 0 Å². The number of hydrogen-bond donors (Lipinski definition) is 1. The highest BCUT2D eigenvalue weighted by atomic mass is 79.9. The molecule has 0 bridgehead atoms. The van der Waals surface area contributed by atoms with Crippen LogP contribution < -0.4 is 5.73 Å². The van der Waals surface area contributed by atoms with Crippen LogP contribution in [-0.4, -0.2) is 0 Å². The average molecular weight is 272 g/mol. The standard InChI is InChI=1S/C12H15BrFN/c1-2-3-8-7-12(8,15)10-5-4-9(14)6-11(10)13/h4-6,8H,2-3,7,15H2,1H3. The highest BCUT2D eigenvalue weighted by Gasteiger charge is 2.52. The number of halogens is 2. The molecule has 3 heteroatoms. The summed E-state index contributed by atoms with van der Waals surface area (Å²) in [4.78, 5) is 0. The second-order valence-corrected chi connectivity index (χ2v) is 5.21. The summed E-state index contributed by atoms with van der Waals surface area (Å²) >= 11 is 3.38. The fourth-order valence-corrected chi connectivity index (χ4v) is 2.97. The van der Waals surface area contributed by atoms with E-state index in [-0.39, 0.29) is 11.4 Å². The molecule has 1 aromatic rings. The van der Waals surface area contributed by atoms with Gasteiger partial charge in [-0.15, -0.1) is 0 Å². The molecule has 1 saturated carbocycles. The monoisotopic (exact) mass is 271 g/mol. The molecular weight excluding hydrogens is 257 g/mol. The summed E-state index contributed by atoms with van der Waals surface area (Å²) in [6, 6.07) is 4.77. The summed E-state index contributed by atoms with van der Waals surface area (Å²) < 4.78 is 13.7. The lowest BCUT2D eigenvalue weighted by Gasteiger charge is -2.14. The number of nitrogens with two attached hydrogens (primary N) is 1. The van der Waals surface area contributed by atoms with Crippen molar-refractivity contribution in [3.05, 3.63) is 34.1 Å². The normalized spacial score (nSPS) is 29.2. The van der Waals surface area contributed by atoms with E-state index in [1.165, 1.54) is 12.1 Å². The van der Waals surface area contributed by atoms with Crippen LogP contribution >= 0.6 is 15.9 Å². The lowest BCUT2D eigenvalue weighted by Crippen LogP contribution is -2.22. The topological polar surface area (TPSA) is 26.0 Å². The van der Waals surface area contributed by atoms with Gasteiger partial charge in [0.25, 0.3) is 0 Å². The van der Waals surface area contributed by atoms with Gasteiger partial charge in [0.15, 0.2) is 0 Å². The zero-order chi connectivity index (χ0) is 11.1. The predicted octanol–water partition coefficient (Wildman–Crippen LogP) is 3.56. The highest BCUT2D eigenvalue weighted by molar-refractivity contribution is 9.10. The molecule has 1 fully saturated rings. The van der Waals surface area contributed by atoms with Gasteiger partial charge in [-0.05, 0) is 36.5 Å². The smallest absolute Gasteiger partial charge is 0.124 e. The molecule has 2 rings (SSSR count). The molecule has 1 nitrogen and oxygen atoms in total. The zero-order valence-corrected chi connectivity index (χ0v) is 10.3. The highest BCUT2D eigenvalue weighted by Crippen LogP contribution is 2.53. The Kier molecular flexibility index (Phi) is 2.86. The summed E-state index contributed by atoms with van der Waals surface area (Å²) in [5, 5.41) is 0. The van der Waals surface area contributed by atoms with Crippen molar-refractivity contribution in [2.75, 3.05) is 0 Å². The largest absolute Gasteiger partial charge is 0.321 e. The Hall–Kier alpha value is -0.410. The lowest BCUT2D eigenvalue weighted by atomic mass is 10.0. The maximum Gasteiger partial charge on any atom is 0.124 e. The molecule has 1 aliphatic carbocycles. The lowest BCUT2D eigenvalue weighted by molar-refractivity contribution is 0.577. The van der Waals surface area contributed by atoms with E-state index in [0.717, 1.165) is 29.3 Å². The third-order valence-corrected chi connectivity index (χ3v) is 3.88. The summed E-state index contributed by atoms with van der Waals surface area (Å²) in [7, 11) is 0. The molecular formula is C12H15BrFN. The molecule has 0 spiro atoms. The SMILES string of the molecule is CCCC1CC1(N)c1ccc(F)cc1Br. The van der Waals surface area contributed by atoms with Crippen molar-refractivity contribution < 1.29 is 4.39 Å². The van der Waals surface area contributed by atoms with Crippen LogP contribution in [0.4, 0.5) is 4.39 Å². The van der Waals surface area contributed by atoms with Crippen LogP contribution in [0.25, 0.3) is 0 Å². The van der Waals surface area contributed by atoms with Crippen LogP contribution in [0.1, 0.15) is 31.7 Å². The van der Waals surface area contributed by atoms with Crippen molar-refractivity contribution >= 4 is 15.9 Å². The summed E-state index contributed by atoms with van der Waals surface area (Å²) in [6.45, 7) is 2.17. The molecule has 0 aromatic heterocycles. The quantitative estimate of drug-likeness (QED) is 0.894. The van der Waals surface area contributed by atoms with E-state index in [1.807, 2.05) is 0 Å². The van der Waals surface area contributed by atoms with Gasteiger partial charge in [-0.1, -0.05) is 35.3 Å². The van der Waals surface area contributed by atoms with Gasteiger partial charge in [0.1, 0.15) is 5.82 Å². The van der Waals surface area contributed by atoms with E-state index in [2.05, 4.69) is 22.9 Å². The van der Waals surface area contributed by atoms with Crippen molar-refractivity contribution in [3.8, 4) is 0 Å². The van der Waals surface area contributed by atoms with Crippen LogP contribution in [0, 0.1) is 11.7 Å². The minimum absolute atomic E-state index is 0.220. The van der Waals surface area contributed by atoms with Crippen molar-refractivity contribution in [2.24, 2.45) is 11.7 Å².